The number of ether oxygens (including phenoxy) is 1. The molecule has 1 aromatic carbocycles. The number of hydrogen-bond acceptors (Lipinski definition) is 9. The molecule has 2 aliphatic rings. The van der Waals surface area contributed by atoms with Gasteiger partial charge in [-0.1, -0.05) is 37.7 Å². The first-order valence-corrected chi connectivity index (χ1v) is 12.2. The Balaban J connectivity index is 1.46. The van der Waals surface area contributed by atoms with Crippen molar-refractivity contribution < 1.29 is 17.9 Å². The van der Waals surface area contributed by atoms with Crippen molar-refractivity contribution in [3.8, 4) is 0 Å². The lowest BCUT2D eigenvalue weighted by Gasteiger charge is -2.26. The number of tetrazole rings is 1. The minimum atomic E-state index is -3.88. The number of benzene rings is 1. The molecule has 162 valence electrons. The number of morpholine rings is 1. The Hall–Kier alpha value is -2.02. The lowest BCUT2D eigenvalue weighted by atomic mass is 9.97. The van der Waals surface area contributed by atoms with E-state index >= 15 is 0 Å². The van der Waals surface area contributed by atoms with Gasteiger partial charge >= 0.3 is 0 Å². The van der Waals surface area contributed by atoms with Crippen molar-refractivity contribution in [3.63, 3.8) is 0 Å². The summed E-state index contributed by atoms with van der Waals surface area (Å²) in [6.45, 7) is 8.38. The lowest BCUT2D eigenvalue weighted by Crippen LogP contribution is -2.38. The zero-order chi connectivity index (χ0) is 21.3. The molecular formula is C18H24N6O4S2. The summed E-state index contributed by atoms with van der Waals surface area (Å²) in [6, 6.07) is 4.98. The van der Waals surface area contributed by atoms with Crippen LogP contribution in [-0.4, -0.2) is 82.5 Å². The van der Waals surface area contributed by atoms with E-state index in [1.54, 1.807) is 16.8 Å². The molecule has 0 unspecified atom stereocenters. The van der Waals surface area contributed by atoms with Crippen LogP contribution in [0.15, 0.2) is 28.3 Å². The first-order chi connectivity index (χ1) is 14.4. The number of carbonyl (C=O) groups excluding carboxylic acids is 1. The van der Waals surface area contributed by atoms with Gasteiger partial charge in [0.1, 0.15) is 4.90 Å². The van der Waals surface area contributed by atoms with Crippen LogP contribution >= 0.6 is 11.8 Å². The van der Waals surface area contributed by atoms with Gasteiger partial charge in [-0.15, -0.1) is 5.10 Å². The van der Waals surface area contributed by atoms with Crippen LogP contribution in [0.5, 0.6) is 0 Å². The smallest absolute Gasteiger partial charge is 0.270 e. The molecule has 3 heterocycles. The molecule has 1 saturated heterocycles. The van der Waals surface area contributed by atoms with Crippen LogP contribution in [0, 0.1) is 0 Å². The van der Waals surface area contributed by atoms with Crippen LogP contribution in [0.25, 0.3) is 0 Å². The third-order valence-electron chi connectivity index (χ3n) is 5.23. The quantitative estimate of drug-likeness (QED) is 0.569. The summed E-state index contributed by atoms with van der Waals surface area (Å²) in [6.07, 6.45) is 0. The molecule has 0 spiro atoms. The van der Waals surface area contributed by atoms with E-state index in [0.29, 0.717) is 24.9 Å². The Morgan fingerprint density at radius 3 is 2.70 bits per heavy atom. The molecule has 0 aliphatic carbocycles. The Kier molecular flexibility index (Phi) is 6.09. The van der Waals surface area contributed by atoms with Crippen molar-refractivity contribution in [1.82, 2.24) is 29.4 Å². The van der Waals surface area contributed by atoms with E-state index in [-0.39, 0.29) is 22.3 Å². The SMILES string of the molecule is CC(C)c1cccc2c1C(=O)N(CSc1nnnn1CCN1CCOCC1)S2(=O)=O. The second-order valence-electron chi connectivity index (χ2n) is 7.45. The van der Waals surface area contributed by atoms with Crippen LogP contribution in [0.2, 0.25) is 0 Å². The highest BCUT2D eigenvalue weighted by Gasteiger charge is 2.43. The maximum Gasteiger partial charge on any atom is 0.270 e. The number of rotatable bonds is 7. The number of aromatic nitrogens is 4. The third-order valence-corrected chi connectivity index (χ3v) is 8.10. The molecule has 1 aromatic heterocycles. The lowest BCUT2D eigenvalue weighted by molar-refractivity contribution is 0.0356. The summed E-state index contributed by atoms with van der Waals surface area (Å²) in [5, 5.41) is 12.2. The van der Waals surface area contributed by atoms with Gasteiger partial charge in [0.25, 0.3) is 15.9 Å². The van der Waals surface area contributed by atoms with Gasteiger partial charge in [0.2, 0.25) is 5.16 Å². The zero-order valence-electron chi connectivity index (χ0n) is 16.9. The van der Waals surface area contributed by atoms with E-state index in [9.17, 15) is 13.2 Å². The Morgan fingerprint density at radius 2 is 1.97 bits per heavy atom. The number of carbonyl (C=O) groups is 1. The number of amides is 1. The van der Waals surface area contributed by atoms with Gasteiger partial charge in [-0.2, -0.15) is 0 Å². The van der Waals surface area contributed by atoms with Crippen LogP contribution in [0.4, 0.5) is 0 Å². The van der Waals surface area contributed by atoms with Crippen molar-refractivity contribution in [2.75, 3.05) is 38.7 Å². The summed E-state index contributed by atoms with van der Waals surface area (Å²) >= 11 is 1.14. The second-order valence-corrected chi connectivity index (χ2v) is 10.2. The van der Waals surface area contributed by atoms with Crippen molar-refractivity contribution in [2.24, 2.45) is 0 Å². The number of fused-ring (bicyclic) bond motifs is 1. The predicted octanol–water partition coefficient (Wildman–Crippen LogP) is 1.02. The summed E-state index contributed by atoms with van der Waals surface area (Å²) in [5.74, 6) is -0.529. The fourth-order valence-electron chi connectivity index (χ4n) is 3.57. The average Bonchev–Trinajstić information content (AvgIpc) is 3.26. The number of sulfonamides is 1. The highest BCUT2D eigenvalue weighted by molar-refractivity contribution is 8.00. The summed E-state index contributed by atoms with van der Waals surface area (Å²) in [4.78, 5) is 15.3. The molecular weight excluding hydrogens is 428 g/mol. The molecule has 0 atom stereocenters. The van der Waals surface area contributed by atoms with Crippen molar-refractivity contribution in [1.29, 1.82) is 0 Å². The Bertz CT molecular complexity index is 1030. The van der Waals surface area contributed by atoms with Crippen LogP contribution < -0.4 is 0 Å². The highest BCUT2D eigenvalue weighted by atomic mass is 32.2. The molecule has 30 heavy (non-hydrogen) atoms. The first-order valence-electron chi connectivity index (χ1n) is 9.78. The van der Waals surface area contributed by atoms with Crippen molar-refractivity contribution in [3.05, 3.63) is 29.3 Å². The Morgan fingerprint density at radius 1 is 1.20 bits per heavy atom. The minimum Gasteiger partial charge on any atom is -0.379 e. The maximum absolute atomic E-state index is 13.0. The molecule has 12 heteroatoms. The molecule has 1 amide bonds. The molecule has 0 radical (unpaired) electrons. The molecule has 0 N–H and O–H groups in total. The first kappa shape index (κ1) is 21.2. The number of thioether (sulfide) groups is 1. The zero-order valence-corrected chi connectivity index (χ0v) is 18.5. The van der Waals surface area contributed by atoms with E-state index in [1.807, 2.05) is 13.8 Å². The molecule has 0 bridgehead atoms. The molecule has 2 aromatic rings. The predicted molar refractivity (Wildman–Crippen MR) is 110 cm³/mol. The van der Waals surface area contributed by atoms with E-state index in [4.69, 9.17) is 4.74 Å². The van der Waals surface area contributed by atoms with Gasteiger partial charge in [0, 0.05) is 19.6 Å². The van der Waals surface area contributed by atoms with E-state index in [1.165, 1.54) is 6.07 Å². The fraction of sp³-hybridized carbons (Fsp3) is 0.556. The number of nitrogens with zero attached hydrogens (tertiary/aromatic N) is 6. The van der Waals surface area contributed by atoms with E-state index < -0.39 is 15.9 Å². The van der Waals surface area contributed by atoms with Crippen LogP contribution in [0.1, 0.15) is 35.7 Å². The maximum atomic E-state index is 13.0. The molecule has 2 aliphatic heterocycles. The molecule has 0 saturated carbocycles. The van der Waals surface area contributed by atoms with Gasteiger partial charge in [-0.3, -0.25) is 9.69 Å². The largest absolute Gasteiger partial charge is 0.379 e. The summed E-state index contributed by atoms with van der Waals surface area (Å²) < 4.78 is 33.8. The molecule has 4 rings (SSSR count). The van der Waals surface area contributed by atoms with E-state index in [2.05, 4.69) is 20.4 Å². The monoisotopic (exact) mass is 452 g/mol. The van der Waals surface area contributed by atoms with Crippen LogP contribution in [0.3, 0.4) is 0 Å². The summed E-state index contributed by atoms with van der Waals surface area (Å²) in [5.41, 5.74) is 1.02. The second kappa shape index (κ2) is 8.61. The van der Waals surface area contributed by atoms with Gasteiger partial charge in [0.05, 0.1) is 31.2 Å². The van der Waals surface area contributed by atoms with Crippen molar-refractivity contribution in [2.45, 2.75) is 36.4 Å². The topological polar surface area (TPSA) is 111 Å². The minimum absolute atomic E-state index is 0.0409. The Labute approximate surface area is 179 Å². The summed E-state index contributed by atoms with van der Waals surface area (Å²) in [7, 11) is -3.88. The van der Waals surface area contributed by atoms with Crippen LogP contribution in [-0.2, 0) is 21.3 Å². The van der Waals surface area contributed by atoms with E-state index in [0.717, 1.165) is 41.3 Å². The standard InChI is InChI=1S/C18H24N6O4S2/c1-13(2)14-4-3-5-15-16(14)17(25)24(30(15,26)27)12-29-18-19-20-21-23(18)7-6-22-8-10-28-11-9-22/h3-5,13H,6-12H2,1-2H3. The van der Waals surface area contributed by atoms with Gasteiger partial charge < -0.3 is 4.74 Å². The van der Waals surface area contributed by atoms with Gasteiger partial charge in [-0.25, -0.2) is 17.4 Å². The average molecular weight is 453 g/mol. The number of hydrogen-bond donors (Lipinski definition) is 0. The van der Waals surface area contributed by atoms with Gasteiger partial charge in [0.15, 0.2) is 0 Å². The fourth-order valence-corrected chi connectivity index (χ4v) is 6.27. The van der Waals surface area contributed by atoms with Crippen molar-refractivity contribution >= 4 is 27.7 Å². The van der Waals surface area contributed by atoms with Gasteiger partial charge in [-0.05, 0) is 28.0 Å². The molecule has 10 nitrogen and oxygen atoms in total. The highest BCUT2D eigenvalue weighted by Crippen LogP contribution is 2.36. The third kappa shape index (κ3) is 3.96. The normalized spacial score (nSPS) is 18.9. The molecule has 1 fully saturated rings.